The van der Waals surface area contributed by atoms with Crippen LogP contribution in [0.25, 0.3) is 0 Å². The Morgan fingerprint density at radius 1 is 1.53 bits per heavy atom. The maximum absolute atomic E-state index is 11.5. The van der Waals surface area contributed by atoms with E-state index in [4.69, 9.17) is 9.47 Å². The fraction of sp³-hybridized carbons (Fsp3) is 0.909. The molecule has 1 spiro atoms. The van der Waals surface area contributed by atoms with Crippen molar-refractivity contribution in [1.29, 1.82) is 0 Å². The highest BCUT2D eigenvalue weighted by Crippen LogP contribution is 2.37. The van der Waals surface area contributed by atoms with E-state index in [9.17, 15) is 4.79 Å². The number of ether oxygens (including phenoxy) is 2. The van der Waals surface area contributed by atoms with Crippen molar-refractivity contribution in [2.75, 3.05) is 26.9 Å². The summed E-state index contributed by atoms with van der Waals surface area (Å²) in [5.41, 5.74) is 0.119. The van der Waals surface area contributed by atoms with Gasteiger partial charge in [0.1, 0.15) is 6.04 Å². The molecule has 0 bridgehead atoms. The van der Waals surface area contributed by atoms with Gasteiger partial charge in [0.2, 0.25) is 0 Å². The van der Waals surface area contributed by atoms with Gasteiger partial charge in [-0.2, -0.15) is 0 Å². The van der Waals surface area contributed by atoms with Gasteiger partial charge in [0.15, 0.2) is 0 Å². The lowest BCUT2D eigenvalue weighted by molar-refractivity contribution is -0.148. The molecule has 0 aromatic heterocycles. The lowest BCUT2D eigenvalue weighted by Gasteiger charge is -2.36. The topological polar surface area (TPSA) is 38.8 Å². The Morgan fingerprint density at radius 3 is 2.93 bits per heavy atom. The van der Waals surface area contributed by atoms with E-state index in [0.717, 1.165) is 39.0 Å². The average molecular weight is 213 g/mol. The van der Waals surface area contributed by atoms with Crippen LogP contribution in [-0.2, 0) is 14.3 Å². The molecule has 0 N–H and O–H groups in total. The standard InChI is InChI=1S/C11H19NO3/c1-9(10(13)14-2)12-6-3-4-11(12)5-7-15-8-11/h9H,3-8H2,1-2H3. The number of nitrogens with zero attached hydrogens (tertiary/aromatic N) is 1. The maximum Gasteiger partial charge on any atom is 0.322 e. The molecule has 0 radical (unpaired) electrons. The smallest absolute Gasteiger partial charge is 0.322 e. The van der Waals surface area contributed by atoms with Crippen molar-refractivity contribution in [2.24, 2.45) is 0 Å². The quantitative estimate of drug-likeness (QED) is 0.636. The molecule has 2 unspecified atom stereocenters. The first-order chi connectivity index (χ1) is 7.19. The van der Waals surface area contributed by atoms with Crippen LogP contribution in [0.5, 0.6) is 0 Å². The summed E-state index contributed by atoms with van der Waals surface area (Å²) in [6.07, 6.45) is 3.35. The first-order valence-corrected chi connectivity index (χ1v) is 5.62. The van der Waals surface area contributed by atoms with Gasteiger partial charge in [0.05, 0.1) is 13.7 Å². The van der Waals surface area contributed by atoms with Crippen LogP contribution < -0.4 is 0 Å². The van der Waals surface area contributed by atoms with E-state index in [0.29, 0.717) is 0 Å². The summed E-state index contributed by atoms with van der Waals surface area (Å²) in [7, 11) is 1.45. The third kappa shape index (κ3) is 1.76. The molecule has 86 valence electrons. The van der Waals surface area contributed by atoms with Crippen molar-refractivity contribution in [3.05, 3.63) is 0 Å². The van der Waals surface area contributed by atoms with E-state index in [2.05, 4.69) is 4.90 Å². The highest BCUT2D eigenvalue weighted by Gasteiger charge is 2.47. The minimum Gasteiger partial charge on any atom is -0.468 e. The molecule has 0 saturated carbocycles. The Kier molecular flexibility index (Phi) is 2.98. The van der Waals surface area contributed by atoms with Crippen molar-refractivity contribution in [3.8, 4) is 0 Å². The molecule has 2 aliphatic rings. The lowest BCUT2D eigenvalue weighted by Crippen LogP contribution is -2.52. The summed E-state index contributed by atoms with van der Waals surface area (Å²) < 4.78 is 10.3. The number of carbonyl (C=O) groups is 1. The third-order valence-corrected chi connectivity index (χ3v) is 3.74. The van der Waals surface area contributed by atoms with Crippen LogP contribution in [0.4, 0.5) is 0 Å². The third-order valence-electron chi connectivity index (χ3n) is 3.74. The number of hydrogen-bond donors (Lipinski definition) is 0. The summed E-state index contributed by atoms with van der Waals surface area (Å²) in [4.78, 5) is 13.8. The molecule has 4 nitrogen and oxygen atoms in total. The summed E-state index contributed by atoms with van der Waals surface area (Å²) in [6, 6.07) is -0.140. The Labute approximate surface area is 90.5 Å². The van der Waals surface area contributed by atoms with Crippen LogP contribution >= 0.6 is 0 Å². The fourth-order valence-corrected chi connectivity index (χ4v) is 2.88. The Hall–Kier alpha value is -0.610. The molecule has 0 amide bonds. The summed E-state index contributed by atoms with van der Waals surface area (Å²) >= 11 is 0. The molecule has 4 heteroatoms. The molecule has 0 aliphatic carbocycles. The van der Waals surface area contributed by atoms with Crippen LogP contribution in [0, 0.1) is 0 Å². The molecular formula is C11H19NO3. The first-order valence-electron chi connectivity index (χ1n) is 5.62. The van der Waals surface area contributed by atoms with E-state index >= 15 is 0 Å². The van der Waals surface area contributed by atoms with Crippen LogP contribution in [0.2, 0.25) is 0 Å². The zero-order valence-corrected chi connectivity index (χ0v) is 9.49. The predicted octanol–water partition coefficient (Wildman–Crippen LogP) is 0.803. The van der Waals surface area contributed by atoms with Crippen molar-refractivity contribution in [2.45, 2.75) is 37.8 Å². The summed E-state index contributed by atoms with van der Waals surface area (Å²) in [5.74, 6) is -0.136. The zero-order chi connectivity index (χ0) is 10.9. The van der Waals surface area contributed by atoms with Gasteiger partial charge in [-0.15, -0.1) is 0 Å². The van der Waals surface area contributed by atoms with Crippen LogP contribution in [0.3, 0.4) is 0 Å². The maximum atomic E-state index is 11.5. The van der Waals surface area contributed by atoms with Gasteiger partial charge in [0.25, 0.3) is 0 Å². The molecule has 2 aliphatic heterocycles. The van der Waals surface area contributed by atoms with Gasteiger partial charge < -0.3 is 9.47 Å². The van der Waals surface area contributed by atoms with E-state index in [1.807, 2.05) is 6.92 Å². The Morgan fingerprint density at radius 2 is 2.33 bits per heavy atom. The number of hydrogen-bond acceptors (Lipinski definition) is 4. The van der Waals surface area contributed by atoms with Gasteiger partial charge in [-0.05, 0) is 32.7 Å². The Balaban J connectivity index is 2.10. The van der Waals surface area contributed by atoms with Crippen molar-refractivity contribution < 1.29 is 14.3 Å². The highest BCUT2D eigenvalue weighted by atomic mass is 16.5. The molecule has 15 heavy (non-hydrogen) atoms. The molecule has 0 aromatic rings. The lowest BCUT2D eigenvalue weighted by atomic mass is 9.94. The van der Waals surface area contributed by atoms with E-state index < -0.39 is 0 Å². The van der Waals surface area contributed by atoms with Crippen molar-refractivity contribution in [3.63, 3.8) is 0 Å². The van der Waals surface area contributed by atoms with Crippen LogP contribution in [-0.4, -0.2) is 49.3 Å². The molecule has 2 heterocycles. The van der Waals surface area contributed by atoms with Gasteiger partial charge in [-0.3, -0.25) is 9.69 Å². The van der Waals surface area contributed by atoms with E-state index in [-0.39, 0.29) is 17.6 Å². The average Bonchev–Trinajstić information content (AvgIpc) is 2.87. The van der Waals surface area contributed by atoms with Crippen molar-refractivity contribution >= 4 is 5.97 Å². The highest BCUT2D eigenvalue weighted by molar-refractivity contribution is 5.75. The SMILES string of the molecule is COC(=O)C(C)N1CCCC12CCOC2. The molecule has 2 rings (SSSR count). The van der Waals surface area contributed by atoms with Gasteiger partial charge >= 0.3 is 5.97 Å². The Bertz CT molecular complexity index is 243. The minimum atomic E-state index is -0.140. The van der Waals surface area contributed by atoms with Crippen LogP contribution in [0.15, 0.2) is 0 Å². The zero-order valence-electron chi connectivity index (χ0n) is 9.49. The summed E-state index contributed by atoms with van der Waals surface area (Å²) in [6.45, 7) is 4.51. The number of esters is 1. The minimum absolute atomic E-state index is 0.119. The molecular weight excluding hydrogens is 194 g/mol. The fourth-order valence-electron chi connectivity index (χ4n) is 2.88. The second kappa shape index (κ2) is 4.10. The molecule has 2 saturated heterocycles. The van der Waals surface area contributed by atoms with Gasteiger partial charge in [-0.1, -0.05) is 0 Å². The normalized spacial score (nSPS) is 33.5. The second-order valence-electron chi connectivity index (χ2n) is 4.52. The number of methoxy groups -OCH3 is 1. The van der Waals surface area contributed by atoms with Gasteiger partial charge in [0, 0.05) is 12.1 Å². The predicted molar refractivity (Wildman–Crippen MR) is 55.6 cm³/mol. The van der Waals surface area contributed by atoms with Crippen molar-refractivity contribution in [1.82, 2.24) is 4.90 Å². The monoisotopic (exact) mass is 213 g/mol. The second-order valence-corrected chi connectivity index (χ2v) is 4.52. The molecule has 0 aromatic carbocycles. The molecule has 2 atom stereocenters. The van der Waals surface area contributed by atoms with Crippen LogP contribution in [0.1, 0.15) is 26.2 Å². The molecule has 2 fully saturated rings. The van der Waals surface area contributed by atoms with E-state index in [1.165, 1.54) is 7.11 Å². The first kappa shape index (κ1) is 10.9. The van der Waals surface area contributed by atoms with E-state index in [1.54, 1.807) is 0 Å². The number of rotatable bonds is 2. The largest absolute Gasteiger partial charge is 0.468 e. The summed E-state index contributed by atoms with van der Waals surface area (Å²) in [5, 5.41) is 0. The van der Waals surface area contributed by atoms with Gasteiger partial charge in [-0.25, -0.2) is 0 Å². The number of carbonyl (C=O) groups excluding carboxylic acids is 1. The number of likely N-dealkylation sites (tertiary alicyclic amines) is 1.